The van der Waals surface area contributed by atoms with E-state index in [1.165, 1.54) is 5.56 Å². The largest absolute Gasteiger partial charge is 0.457 e. The van der Waals surface area contributed by atoms with Crippen LogP contribution in [-0.4, -0.2) is 0 Å². The highest BCUT2D eigenvalue weighted by Gasteiger charge is 2.11. The van der Waals surface area contributed by atoms with E-state index in [2.05, 4.69) is 42.8 Å². The van der Waals surface area contributed by atoms with Crippen LogP contribution in [0.25, 0.3) is 0 Å². The highest BCUT2D eigenvalue weighted by Crippen LogP contribution is 2.33. The van der Waals surface area contributed by atoms with Gasteiger partial charge < -0.3 is 10.5 Å². The van der Waals surface area contributed by atoms with Gasteiger partial charge in [0, 0.05) is 10.5 Å². The summed E-state index contributed by atoms with van der Waals surface area (Å²) in [5.74, 6) is 2.13. The van der Waals surface area contributed by atoms with E-state index >= 15 is 0 Å². The molecule has 2 rings (SSSR count). The van der Waals surface area contributed by atoms with Crippen LogP contribution < -0.4 is 10.5 Å². The van der Waals surface area contributed by atoms with E-state index in [0.29, 0.717) is 5.92 Å². The maximum absolute atomic E-state index is 6.09. The van der Waals surface area contributed by atoms with Gasteiger partial charge in [-0.15, -0.1) is 0 Å². The lowest BCUT2D eigenvalue weighted by molar-refractivity contribution is 0.471. The molecule has 3 heteroatoms. The summed E-state index contributed by atoms with van der Waals surface area (Å²) in [6.07, 6.45) is 0.916. The summed E-state index contributed by atoms with van der Waals surface area (Å²) in [7, 11) is 0. The molecule has 0 fully saturated rings. The fraction of sp³-hybridized carbons (Fsp3) is 0.333. The van der Waals surface area contributed by atoms with Gasteiger partial charge in [-0.3, -0.25) is 0 Å². The third kappa shape index (κ3) is 4.08. The Bertz CT molecular complexity index is 610. The molecule has 0 aliphatic rings. The first-order chi connectivity index (χ1) is 10.0. The van der Waals surface area contributed by atoms with Crippen LogP contribution in [-0.2, 0) is 0 Å². The first-order valence-corrected chi connectivity index (χ1v) is 8.13. The van der Waals surface area contributed by atoms with Crippen molar-refractivity contribution in [3.8, 4) is 11.5 Å². The lowest BCUT2D eigenvalue weighted by Gasteiger charge is -2.16. The average Bonchev–Trinajstić information content (AvgIpc) is 2.48. The monoisotopic (exact) mass is 347 g/mol. The number of benzene rings is 2. The molecule has 0 radical (unpaired) electrons. The van der Waals surface area contributed by atoms with Gasteiger partial charge in [-0.05, 0) is 53.8 Å². The van der Waals surface area contributed by atoms with E-state index in [-0.39, 0.29) is 6.04 Å². The van der Waals surface area contributed by atoms with Gasteiger partial charge in [0.1, 0.15) is 11.5 Å². The summed E-state index contributed by atoms with van der Waals surface area (Å²) in [5, 5.41) is 0. The molecular formula is C18H22BrNO. The lowest BCUT2D eigenvalue weighted by Crippen LogP contribution is -2.08. The summed E-state index contributed by atoms with van der Waals surface area (Å²) >= 11 is 3.52. The van der Waals surface area contributed by atoms with Crippen LogP contribution in [0.5, 0.6) is 11.5 Å². The first kappa shape index (κ1) is 16.1. The Morgan fingerprint density at radius 2 is 1.90 bits per heavy atom. The van der Waals surface area contributed by atoms with Gasteiger partial charge in [0.2, 0.25) is 0 Å². The Morgan fingerprint density at radius 1 is 1.14 bits per heavy atom. The normalized spacial score (nSPS) is 12.5. The molecule has 0 saturated heterocycles. The molecule has 0 amide bonds. The standard InChI is InChI=1S/C18H22BrNO/c1-4-17(20)13-6-5-7-15(10-13)21-18-9-8-14(19)11-16(18)12(2)3/h5-12,17H,4,20H2,1-3H3. The molecule has 0 aliphatic carbocycles. The van der Waals surface area contributed by atoms with Gasteiger partial charge >= 0.3 is 0 Å². The van der Waals surface area contributed by atoms with E-state index in [4.69, 9.17) is 10.5 Å². The topological polar surface area (TPSA) is 35.2 Å². The molecular weight excluding hydrogens is 326 g/mol. The van der Waals surface area contributed by atoms with Gasteiger partial charge in [-0.2, -0.15) is 0 Å². The fourth-order valence-corrected chi connectivity index (χ4v) is 2.61. The summed E-state index contributed by atoms with van der Waals surface area (Å²) in [6, 6.07) is 14.2. The third-order valence-electron chi connectivity index (χ3n) is 3.55. The molecule has 1 atom stereocenters. The summed E-state index contributed by atoms with van der Waals surface area (Å²) in [5.41, 5.74) is 8.39. The molecule has 0 heterocycles. The molecule has 0 spiro atoms. The maximum Gasteiger partial charge on any atom is 0.130 e. The highest BCUT2D eigenvalue weighted by molar-refractivity contribution is 9.10. The van der Waals surface area contributed by atoms with Crippen molar-refractivity contribution < 1.29 is 4.74 Å². The first-order valence-electron chi connectivity index (χ1n) is 7.34. The van der Waals surface area contributed by atoms with Gasteiger partial charge in [-0.1, -0.05) is 48.8 Å². The van der Waals surface area contributed by atoms with Crippen LogP contribution in [0.2, 0.25) is 0 Å². The second-order valence-electron chi connectivity index (χ2n) is 5.53. The van der Waals surface area contributed by atoms with E-state index < -0.39 is 0 Å². The van der Waals surface area contributed by atoms with Crippen molar-refractivity contribution in [2.75, 3.05) is 0 Å². The lowest BCUT2D eigenvalue weighted by atomic mass is 10.0. The molecule has 0 bridgehead atoms. The highest BCUT2D eigenvalue weighted by atomic mass is 79.9. The molecule has 2 N–H and O–H groups in total. The van der Waals surface area contributed by atoms with Gasteiger partial charge in [-0.25, -0.2) is 0 Å². The van der Waals surface area contributed by atoms with Gasteiger partial charge in [0.15, 0.2) is 0 Å². The molecule has 0 aromatic heterocycles. The number of halogens is 1. The smallest absolute Gasteiger partial charge is 0.130 e. The minimum absolute atomic E-state index is 0.0584. The number of hydrogen-bond donors (Lipinski definition) is 1. The van der Waals surface area contributed by atoms with E-state index in [1.54, 1.807) is 0 Å². The number of ether oxygens (including phenoxy) is 1. The summed E-state index contributed by atoms with van der Waals surface area (Å²) < 4.78 is 7.15. The fourth-order valence-electron chi connectivity index (χ4n) is 2.23. The van der Waals surface area contributed by atoms with Crippen LogP contribution in [0, 0.1) is 0 Å². The molecule has 1 unspecified atom stereocenters. The molecule has 0 saturated carbocycles. The maximum atomic E-state index is 6.09. The quantitative estimate of drug-likeness (QED) is 0.744. The van der Waals surface area contributed by atoms with Crippen molar-refractivity contribution in [1.29, 1.82) is 0 Å². The summed E-state index contributed by atoms with van der Waals surface area (Å²) in [6.45, 7) is 6.42. The second kappa shape index (κ2) is 7.10. The van der Waals surface area contributed by atoms with E-state index in [0.717, 1.165) is 28.0 Å². The predicted octanol–water partition coefficient (Wildman–Crippen LogP) is 5.77. The Balaban J connectivity index is 2.30. The SMILES string of the molecule is CCC(N)c1cccc(Oc2ccc(Br)cc2C(C)C)c1. The summed E-state index contributed by atoms with van der Waals surface area (Å²) in [4.78, 5) is 0. The Kier molecular flexibility index (Phi) is 5.43. The van der Waals surface area contributed by atoms with E-state index in [1.807, 2.05) is 36.4 Å². The number of nitrogens with two attached hydrogens (primary N) is 1. The third-order valence-corrected chi connectivity index (χ3v) is 4.04. The molecule has 112 valence electrons. The zero-order chi connectivity index (χ0) is 15.4. The van der Waals surface area contributed by atoms with Crippen LogP contribution in [0.15, 0.2) is 46.9 Å². The van der Waals surface area contributed by atoms with Crippen molar-refractivity contribution in [3.63, 3.8) is 0 Å². The van der Waals surface area contributed by atoms with Crippen LogP contribution in [0.3, 0.4) is 0 Å². The zero-order valence-corrected chi connectivity index (χ0v) is 14.4. The zero-order valence-electron chi connectivity index (χ0n) is 12.8. The number of hydrogen-bond acceptors (Lipinski definition) is 2. The Labute approximate surface area is 135 Å². The minimum atomic E-state index is 0.0584. The Morgan fingerprint density at radius 3 is 2.57 bits per heavy atom. The molecule has 0 aliphatic heterocycles. The van der Waals surface area contributed by atoms with Crippen LogP contribution in [0.1, 0.15) is 50.3 Å². The van der Waals surface area contributed by atoms with Crippen molar-refractivity contribution in [2.45, 2.75) is 39.2 Å². The van der Waals surface area contributed by atoms with Gasteiger partial charge in [0.25, 0.3) is 0 Å². The molecule has 2 aromatic rings. The van der Waals surface area contributed by atoms with Crippen LogP contribution in [0.4, 0.5) is 0 Å². The van der Waals surface area contributed by atoms with E-state index in [9.17, 15) is 0 Å². The van der Waals surface area contributed by atoms with Crippen LogP contribution >= 0.6 is 15.9 Å². The minimum Gasteiger partial charge on any atom is -0.457 e. The second-order valence-corrected chi connectivity index (χ2v) is 6.44. The number of rotatable bonds is 5. The van der Waals surface area contributed by atoms with Crippen molar-refractivity contribution in [1.82, 2.24) is 0 Å². The molecule has 21 heavy (non-hydrogen) atoms. The Hall–Kier alpha value is -1.32. The average molecular weight is 348 g/mol. The molecule has 2 aromatic carbocycles. The van der Waals surface area contributed by atoms with Crippen molar-refractivity contribution in [3.05, 3.63) is 58.1 Å². The van der Waals surface area contributed by atoms with Gasteiger partial charge in [0.05, 0.1) is 0 Å². The predicted molar refractivity (Wildman–Crippen MR) is 92.0 cm³/mol. The van der Waals surface area contributed by atoms with Crippen molar-refractivity contribution >= 4 is 15.9 Å². The molecule has 2 nitrogen and oxygen atoms in total. The van der Waals surface area contributed by atoms with Crippen molar-refractivity contribution in [2.24, 2.45) is 5.73 Å².